The van der Waals surface area contributed by atoms with Crippen LogP contribution < -0.4 is 0 Å². The number of hydrogen-bond donors (Lipinski definition) is 2. The summed E-state index contributed by atoms with van der Waals surface area (Å²) in [5.41, 5.74) is 0. The van der Waals surface area contributed by atoms with Crippen molar-refractivity contribution in [2.45, 2.75) is 60.3 Å². The number of hydrogen-bond acceptors (Lipinski definition) is 8. The lowest BCUT2D eigenvalue weighted by atomic mass is 10.0. The van der Waals surface area contributed by atoms with Crippen molar-refractivity contribution in [1.82, 2.24) is 0 Å². The Morgan fingerprint density at radius 3 is 1.75 bits per heavy atom. The second-order valence-corrected chi connectivity index (χ2v) is 7.99. The first kappa shape index (κ1) is 15.9. The van der Waals surface area contributed by atoms with Gasteiger partial charge >= 0.3 is 16.4 Å². The van der Waals surface area contributed by atoms with Crippen LogP contribution in [0.2, 0.25) is 0 Å². The van der Waals surface area contributed by atoms with Gasteiger partial charge in [0.2, 0.25) is 0 Å². The zero-order chi connectivity index (χ0) is 15.0. The van der Waals surface area contributed by atoms with E-state index in [-0.39, 0.29) is 0 Å². The van der Waals surface area contributed by atoms with E-state index in [9.17, 15) is 19.8 Å². The van der Waals surface area contributed by atoms with Gasteiger partial charge in [0, 0.05) is 0 Å². The standard InChI is InChI=1S/C12H18O6S2/c1-3-5-10(15)11(16,6-4-2)20-12(19-10)17-8(13)7-9(14)18-12/h15-16H,3-7H2,1-2H3. The van der Waals surface area contributed by atoms with Crippen molar-refractivity contribution in [3.8, 4) is 0 Å². The van der Waals surface area contributed by atoms with Gasteiger partial charge in [-0.25, -0.2) is 0 Å². The normalized spacial score (nSPS) is 36.0. The third-order valence-electron chi connectivity index (χ3n) is 3.14. The summed E-state index contributed by atoms with van der Waals surface area (Å²) in [4.78, 5) is 19.9. The molecule has 2 N–H and O–H groups in total. The first-order valence-electron chi connectivity index (χ1n) is 6.57. The molecule has 0 bridgehead atoms. The Balaban J connectivity index is 2.31. The van der Waals surface area contributed by atoms with Crippen LogP contribution in [-0.2, 0) is 19.1 Å². The SMILES string of the molecule is CCCC1(O)SC2(OC(=O)CC(=O)O2)SC1(O)CCC. The molecule has 2 aliphatic rings. The molecule has 0 aromatic heterocycles. The van der Waals surface area contributed by atoms with Crippen LogP contribution in [0, 0.1) is 0 Å². The average Bonchev–Trinajstić information content (AvgIpc) is 2.45. The highest BCUT2D eigenvalue weighted by molar-refractivity contribution is 8.22. The summed E-state index contributed by atoms with van der Waals surface area (Å²) in [6.45, 7) is 3.75. The van der Waals surface area contributed by atoms with Crippen molar-refractivity contribution in [2.24, 2.45) is 0 Å². The molecule has 1 spiro atoms. The van der Waals surface area contributed by atoms with E-state index < -0.39 is 32.7 Å². The van der Waals surface area contributed by atoms with Crippen LogP contribution in [0.4, 0.5) is 0 Å². The van der Waals surface area contributed by atoms with Crippen molar-refractivity contribution in [2.75, 3.05) is 0 Å². The van der Waals surface area contributed by atoms with Gasteiger partial charge in [-0.05, 0) is 36.4 Å². The first-order valence-corrected chi connectivity index (χ1v) is 8.20. The average molecular weight is 322 g/mol. The molecule has 0 amide bonds. The zero-order valence-corrected chi connectivity index (χ0v) is 13.0. The highest BCUT2D eigenvalue weighted by atomic mass is 32.2. The number of aliphatic hydroxyl groups is 2. The summed E-state index contributed by atoms with van der Waals surface area (Å²) in [7, 11) is 0. The predicted molar refractivity (Wildman–Crippen MR) is 74.4 cm³/mol. The largest absolute Gasteiger partial charge is 0.403 e. The number of carbonyl (C=O) groups excluding carboxylic acids is 2. The third-order valence-corrected chi connectivity index (χ3v) is 6.36. The van der Waals surface area contributed by atoms with Gasteiger partial charge in [0.1, 0.15) is 6.42 Å². The van der Waals surface area contributed by atoms with Crippen LogP contribution in [0.3, 0.4) is 0 Å². The van der Waals surface area contributed by atoms with Crippen molar-refractivity contribution < 1.29 is 29.3 Å². The van der Waals surface area contributed by atoms with Crippen molar-refractivity contribution in [1.29, 1.82) is 0 Å². The third kappa shape index (κ3) is 2.66. The van der Waals surface area contributed by atoms with Crippen LogP contribution in [0.1, 0.15) is 46.0 Å². The van der Waals surface area contributed by atoms with E-state index in [0.717, 1.165) is 23.5 Å². The summed E-state index contributed by atoms with van der Waals surface area (Å²) >= 11 is 1.60. The Morgan fingerprint density at radius 2 is 1.40 bits per heavy atom. The minimum absolute atomic E-state index is 0.304. The second-order valence-electron chi connectivity index (χ2n) is 4.90. The summed E-state index contributed by atoms with van der Waals surface area (Å²) in [6.07, 6.45) is 1.43. The zero-order valence-electron chi connectivity index (χ0n) is 11.4. The number of thioether (sulfide) groups is 2. The molecule has 8 heteroatoms. The smallest absolute Gasteiger partial charge is 0.364 e. The Labute approximate surface area is 125 Å². The molecule has 2 aliphatic heterocycles. The lowest BCUT2D eigenvalue weighted by Gasteiger charge is -2.34. The first-order chi connectivity index (χ1) is 9.28. The van der Waals surface area contributed by atoms with Crippen molar-refractivity contribution in [3.05, 3.63) is 0 Å². The van der Waals surface area contributed by atoms with E-state index in [1.807, 2.05) is 13.8 Å². The molecule has 0 aromatic rings. The van der Waals surface area contributed by atoms with Gasteiger partial charge in [0.05, 0.1) is 0 Å². The van der Waals surface area contributed by atoms with E-state index >= 15 is 0 Å². The molecule has 2 heterocycles. The number of carbonyl (C=O) groups is 2. The van der Waals surface area contributed by atoms with Crippen LogP contribution in [0.25, 0.3) is 0 Å². The quantitative estimate of drug-likeness (QED) is 0.595. The Hall–Kier alpha value is -0.440. The van der Waals surface area contributed by atoms with Gasteiger partial charge in [-0.1, -0.05) is 26.7 Å². The highest BCUT2D eigenvalue weighted by Crippen LogP contribution is 2.66. The van der Waals surface area contributed by atoms with Gasteiger partial charge in [0.25, 0.3) is 0 Å². The van der Waals surface area contributed by atoms with Gasteiger partial charge in [-0.15, -0.1) is 0 Å². The van der Waals surface area contributed by atoms with E-state index in [1.54, 1.807) is 0 Å². The lowest BCUT2D eigenvalue weighted by Crippen LogP contribution is -2.45. The van der Waals surface area contributed by atoms with Gasteiger partial charge in [0.15, 0.2) is 9.87 Å². The van der Waals surface area contributed by atoms with E-state index in [0.29, 0.717) is 25.7 Å². The molecular formula is C12H18O6S2. The van der Waals surface area contributed by atoms with Gasteiger partial charge < -0.3 is 19.7 Å². The Bertz CT molecular complexity index is 390. The maximum Gasteiger partial charge on any atom is 0.364 e. The fourth-order valence-electron chi connectivity index (χ4n) is 2.34. The number of rotatable bonds is 4. The van der Waals surface area contributed by atoms with Crippen molar-refractivity contribution >= 4 is 35.5 Å². The Morgan fingerprint density at radius 1 is 1.00 bits per heavy atom. The monoisotopic (exact) mass is 322 g/mol. The molecule has 0 saturated carbocycles. The maximum absolute atomic E-state index is 11.5. The van der Waals surface area contributed by atoms with Crippen molar-refractivity contribution in [3.63, 3.8) is 0 Å². The maximum atomic E-state index is 11.5. The molecular weight excluding hydrogens is 304 g/mol. The summed E-state index contributed by atoms with van der Waals surface area (Å²) in [5.74, 6) is -1.42. The molecule has 2 atom stereocenters. The highest BCUT2D eigenvalue weighted by Gasteiger charge is 2.69. The van der Waals surface area contributed by atoms with Gasteiger partial charge in [-0.3, -0.25) is 9.59 Å². The summed E-state index contributed by atoms with van der Waals surface area (Å²) < 4.78 is 8.55. The second kappa shape index (κ2) is 5.40. The molecule has 0 aromatic carbocycles. The molecule has 2 rings (SSSR count). The molecule has 2 saturated heterocycles. The number of esters is 2. The van der Waals surface area contributed by atoms with Crippen LogP contribution >= 0.6 is 23.5 Å². The molecule has 2 unspecified atom stereocenters. The summed E-state index contributed by atoms with van der Waals surface area (Å²) in [6, 6.07) is 0. The fourth-order valence-corrected chi connectivity index (χ4v) is 6.08. The molecule has 20 heavy (non-hydrogen) atoms. The van der Waals surface area contributed by atoms with Crippen LogP contribution in [0.5, 0.6) is 0 Å². The molecule has 2 fully saturated rings. The lowest BCUT2D eigenvalue weighted by molar-refractivity contribution is -0.193. The van der Waals surface area contributed by atoms with E-state index in [4.69, 9.17) is 9.47 Å². The predicted octanol–water partition coefficient (Wildman–Crippen LogP) is 1.55. The van der Waals surface area contributed by atoms with Gasteiger partial charge in [-0.2, -0.15) is 0 Å². The molecule has 0 radical (unpaired) electrons. The Kier molecular flexibility index (Phi) is 4.30. The minimum Gasteiger partial charge on any atom is -0.403 e. The molecule has 114 valence electrons. The van der Waals surface area contributed by atoms with E-state index in [2.05, 4.69) is 0 Å². The molecule has 6 nitrogen and oxygen atoms in total. The van der Waals surface area contributed by atoms with Crippen LogP contribution in [0.15, 0.2) is 0 Å². The van der Waals surface area contributed by atoms with E-state index in [1.165, 1.54) is 0 Å². The van der Waals surface area contributed by atoms with Crippen LogP contribution in [-0.4, -0.2) is 36.5 Å². The summed E-state index contributed by atoms with van der Waals surface area (Å²) in [5, 5.41) is 21.5. The fraction of sp³-hybridized carbons (Fsp3) is 0.833. The number of ether oxygens (including phenoxy) is 2. The minimum atomic E-state index is -1.68. The molecule has 0 aliphatic carbocycles. The topological polar surface area (TPSA) is 93.1 Å².